The van der Waals surface area contributed by atoms with E-state index in [0.717, 1.165) is 44.1 Å². The highest BCUT2D eigenvalue weighted by Crippen LogP contribution is 2.42. The first-order valence-electron chi connectivity index (χ1n) is 9.28. The Kier molecular flexibility index (Phi) is 5.58. The molecule has 0 aromatic carbocycles. The second-order valence-electron chi connectivity index (χ2n) is 7.45. The number of rotatable bonds is 4. The SMILES string of the molecule is CCCNC1CCCCCC1C1CCOC2(CCOC2)C1. The smallest absolute Gasteiger partial charge is 0.0939 e. The number of nitrogens with one attached hydrogen (secondary N) is 1. The molecular formula is C18H33NO2. The van der Waals surface area contributed by atoms with Crippen LogP contribution in [-0.2, 0) is 9.47 Å². The first-order valence-corrected chi connectivity index (χ1v) is 9.28. The molecule has 1 spiro atoms. The Labute approximate surface area is 130 Å². The number of hydrogen-bond donors (Lipinski definition) is 1. The Balaban J connectivity index is 1.66. The molecule has 1 aliphatic carbocycles. The molecule has 3 rings (SSSR count). The Morgan fingerprint density at radius 1 is 1.10 bits per heavy atom. The summed E-state index contributed by atoms with van der Waals surface area (Å²) < 4.78 is 11.8. The lowest BCUT2D eigenvalue weighted by atomic mass is 9.73. The van der Waals surface area contributed by atoms with Gasteiger partial charge in [-0.3, -0.25) is 0 Å². The largest absolute Gasteiger partial charge is 0.378 e. The molecule has 2 heterocycles. The predicted octanol–water partition coefficient (Wildman–Crippen LogP) is 3.52. The first kappa shape index (κ1) is 15.8. The summed E-state index contributed by atoms with van der Waals surface area (Å²) >= 11 is 0. The van der Waals surface area contributed by atoms with E-state index in [9.17, 15) is 0 Å². The normalized spacial score (nSPS) is 41.3. The average molecular weight is 295 g/mol. The third-order valence-corrected chi connectivity index (χ3v) is 5.93. The Morgan fingerprint density at radius 2 is 2.00 bits per heavy atom. The van der Waals surface area contributed by atoms with Crippen LogP contribution in [-0.4, -0.2) is 38.0 Å². The van der Waals surface area contributed by atoms with E-state index in [1.807, 2.05) is 0 Å². The van der Waals surface area contributed by atoms with E-state index in [1.54, 1.807) is 0 Å². The van der Waals surface area contributed by atoms with Crippen molar-refractivity contribution >= 4 is 0 Å². The van der Waals surface area contributed by atoms with Gasteiger partial charge in [-0.2, -0.15) is 0 Å². The van der Waals surface area contributed by atoms with Crippen molar-refractivity contribution in [2.75, 3.05) is 26.4 Å². The fourth-order valence-electron chi connectivity index (χ4n) is 4.78. The molecule has 2 saturated heterocycles. The summed E-state index contributed by atoms with van der Waals surface area (Å²) in [6.45, 7) is 6.14. The standard InChI is InChI=1S/C18H33NO2/c1-2-10-19-17-7-5-3-4-6-16(17)15-8-11-21-18(13-15)9-12-20-14-18/h15-17,19H,2-14H2,1H3. The van der Waals surface area contributed by atoms with Crippen molar-refractivity contribution in [2.24, 2.45) is 11.8 Å². The molecule has 3 heteroatoms. The molecule has 0 radical (unpaired) electrons. The van der Waals surface area contributed by atoms with Crippen molar-refractivity contribution in [2.45, 2.75) is 76.4 Å². The van der Waals surface area contributed by atoms with Gasteiger partial charge in [0.2, 0.25) is 0 Å². The topological polar surface area (TPSA) is 30.5 Å². The zero-order chi connectivity index (χ0) is 14.5. The molecule has 1 N–H and O–H groups in total. The third kappa shape index (κ3) is 3.80. The molecule has 0 bridgehead atoms. The summed E-state index contributed by atoms with van der Waals surface area (Å²) in [5.74, 6) is 1.70. The highest BCUT2D eigenvalue weighted by molar-refractivity contribution is 4.95. The third-order valence-electron chi connectivity index (χ3n) is 5.93. The summed E-state index contributed by atoms with van der Waals surface area (Å²) in [6.07, 6.45) is 11.9. The fourth-order valence-corrected chi connectivity index (χ4v) is 4.78. The molecule has 3 fully saturated rings. The van der Waals surface area contributed by atoms with Crippen LogP contribution in [0.1, 0.15) is 64.7 Å². The second kappa shape index (κ2) is 7.43. The van der Waals surface area contributed by atoms with Crippen molar-refractivity contribution < 1.29 is 9.47 Å². The van der Waals surface area contributed by atoms with Crippen LogP contribution in [0.25, 0.3) is 0 Å². The summed E-state index contributed by atoms with van der Waals surface area (Å²) in [5, 5.41) is 3.87. The fraction of sp³-hybridized carbons (Fsp3) is 1.00. The Morgan fingerprint density at radius 3 is 2.81 bits per heavy atom. The van der Waals surface area contributed by atoms with E-state index in [-0.39, 0.29) is 5.60 Å². The molecule has 2 aliphatic heterocycles. The Bertz CT molecular complexity index is 314. The lowest BCUT2D eigenvalue weighted by Gasteiger charge is -2.42. The molecule has 122 valence electrons. The van der Waals surface area contributed by atoms with E-state index in [2.05, 4.69) is 12.2 Å². The maximum absolute atomic E-state index is 6.15. The van der Waals surface area contributed by atoms with Gasteiger partial charge in [-0.1, -0.05) is 26.2 Å². The van der Waals surface area contributed by atoms with Gasteiger partial charge in [-0.15, -0.1) is 0 Å². The Hall–Kier alpha value is -0.120. The first-order chi connectivity index (χ1) is 10.3. The minimum Gasteiger partial charge on any atom is -0.378 e. The van der Waals surface area contributed by atoms with Gasteiger partial charge < -0.3 is 14.8 Å². The molecule has 0 amide bonds. The minimum absolute atomic E-state index is 0.0739. The van der Waals surface area contributed by atoms with Crippen LogP contribution >= 0.6 is 0 Å². The van der Waals surface area contributed by atoms with E-state index in [4.69, 9.17) is 9.47 Å². The van der Waals surface area contributed by atoms with Gasteiger partial charge >= 0.3 is 0 Å². The van der Waals surface area contributed by atoms with Crippen LogP contribution in [0.2, 0.25) is 0 Å². The van der Waals surface area contributed by atoms with Gasteiger partial charge in [0, 0.05) is 25.7 Å². The molecule has 21 heavy (non-hydrogen) atoms. The molecule has 4 atom stereocenters. The zero-order valence-corrected chi connectivity index (χ0v) is 13.7. The molecule has 4 unspecified atom stereocenters. The van der Waals surface area contributed by atoms with Gasteiger partial charge in [0.25, 0.3) is 0 Å². The molecule has 0 aromatic rings. The summed E-state index contributed by atoms with van der Waals surface area (Å²) in [5.41, 5.74) is 0.0739. The summed E-state index contributed by atoms with van der Waals surface area (Å²) in [4.78, 5) is 0. The van der Waals surface area contributed by atoms with E-state index >= 15 is 0 Å². The zero-order valence-electron chi connectivity index (χ0n) is 13.7. The number of hydrogen-bond acceptors (Lipinski definition) is 3. The van der Waals surface area contributed by atoms with Crippen molar-refractivity contribution in [3.05, 3.63) is 0 Å². The maximum Gasteiger partial charge on any atom is 0.0939 e. The summed E-state index contributed by atoms with van der Waals surface area (Å²) in [7, 11) is 0. The monoisotopic (exact) mass is 295 g/mol. The predicted molar refractivity (Wildman–Crippen MR) is 85.5 cm³/mol. The lowest BCUT2D eigenvalue weighted by molar-refractivity contribution is -0.109. The summed E-state index contributed by atoms with van der Waals surface area (Å²) in [6, 6.07) is 0.745. The number of ether oxygens (including phenoxy) is 2. The van der Waals surface area contributed by atoms with E-state index < -0.39 is 0 Å². The lowest BCUT2D eigenvalue weighted by Crippen LogP contribution is -2.47. The van der Waals surface area contributed by atoms with Crippen LogP contribution in [0.15, 0.2) is 0 Å². The molecular weight excluding hydrogens is 262 g/mol. The van der Waals surface area contributed by atoms with Crippen molar-refractivity contribution in [3.63, 3.8) is 0 Å². The van der Waals surface area contributed by atoms with Crippen molar-refractivity contribution in [3.8, 4) is 0 Å². The maximum atomic E-state index is 6.15. The second-order valence-corrected chi connectivity index (χ2v) is 7.45. The van der Waals surface area contributed by atoms with E-state index in [1.165, 1.54) is 57.9 Å². The molecule has 0 aromatic heterocycles. The van der Waals surface area contributed by atoms with Gasteiger partial charge in [0.1, 0.15) is 0 Å². The average Bonchev–Trinajstić information content (AvgIpc) is 2.82. The molecule has 3 aliphatic rings. The highest BCUT2D eigenvalue weighted by atomic mass is 16.6. The van der Waals surface area contributed by atoms with Gasteiger partial charge in [-0.25, -0.2) is 0 Å². The minimum atomic E-state index is 0.0739. The van der Waals surface area contributed by atoms with Gasteiger partial charge in [0.05, 0.1) is 12.2 Å². The van der Waals surface area contributed by atoms with Crippen molar-refractivity contribution in [1.82, 2.24) is 5.32 Å². The van der Waals surface area contributed by atoms with Crippen LogP contribution in [0, 0.1) is 11.8 Å². The van der Waals surface area contributed by atoms with Crippen LogP contribution in [0.3, 0.4) is 0 Å². The van der Waals surface area contributed by atoms with Gasteiger partial charge in [0.15, 0.2) is 0 Å². The molecule has 1 saturated carbocycles. The van der Waals surface area contributed by atoms with Crippen molar-refractivity contribution in [1.29, 1.82) is 0 Å². The molecule has 3 nitrogen and oxygen atoms in total. The van der Waals surface area contributed by atoms with Crippen LogP contribution in [0.5, 0.6) is 0 Å². The van der Waals surface area contributed by atoms with Crippen LogP contribution < -0.4 is 5.32 Å². The van der Waals surface area contributed by atoms with Gasteiger partial charge in [-0.05, 0) is 50.5 Å². The van der Waals surface area contributed by atoms with E-state index in [0.29, 0.717) is 0 Å². The highest BCUT2D eigenvalue weighted by Gasteiger charge is 2.44. The van der Waals surface area contributed by atoms with Crippen LogP contribution in [0.4, 0.5) is 0 Å². The quantitative estimate of drug-likeness (QED) is 0.805.